The van der Waals surface area contributed by atoms with Crippen molar-refractivity contribution >= 4 is 0 Å². The lowest BCUT2D eigenvalue weighted by molar-refractivity contribution is 0.171. The van der Waals surface area contributed by atoms with Gasteiger partial charge in [0.1, 0.15) is 5.75 Å². The molecular weight excluding hydrogens is 169 g/mol. The third-order valence-electron chi connectivity index (χ3n) is 1.42. The highest BCUT2D eigenvalue weighted by atomic mass is 19.1. The Kier molecular flexibility index (Phi) is 2.52. The second-order valence-electron chi connectivity index (χ2n) is 3.07. The topological polar surface area (TPSA) is 22.1 Å². The van der Waals surface area contributed by atoms with Crippen LogP contribution in [0.1, 0.15) is 13.8 Å². The van der Waals surface area contributed by atoms with Gasteiger partial charge in [-0.15, -0.1) is 6.42 Å². The highest BCUT2D eigenvalue weighted by molar-refractivity contribution is 5.21. The summed E-state index contributed by atoms with van der Waals surface area (Å²) < 4.78 is 17.9. The van der Waals surface area contributed by atoms with Gasteiger partial charge in [-0.1, -0.05) is 5.92 Å². The van der Waals surface area contributed by atoms with Crippen LogP contribution in [0.15, 0.2) is 18.3 Å². The van der Waals surface area contributed by atoms with Crippen LogP contribution in [0.4, 0.5) is 4.39 Å². The maximum absolute atomic E-state index is 12.6. The second kappa shape index (κ2) is 3.44. The molecule has 0 N–H and O–H groups in total. The normalized spacial score (nSPS) is 10.6. The number of halogens is 1. The Morgan fingerprint density at radius 1 is 1.62 bits per heavy atom. The Balaban J connectivity index is 2.82. The van der Waals surface area contributed by atoms with Gasteiger partial charge in [-0.2, -0.15) is 4.39 Å². The molecule has 0 atom stereocenters. The first-order valence-electron chi connectivity index (χ1n) is 3.82. The van der Waals surface area contributed by atoms with Gasteiger partial charge in [-0.3, -0.25) is 0 Å². The van der Waals surface area contributed by atoms with Crippen LogP contribution < -0.4 is 4.74 Å². The Morgan fingerprint density at radius 2 is 2.31 bits per heavy atom. The molecule has 1 rings (SSSR count). The average Bonchev–Trinajstić information content (AvgIpc) is 2.03. The molecule has 0 aromatic carbocycles. The molecule has 0 unspecified atom stereocenters. The van der Waals surface area contributed by atoms with Crippen LogP contribution in [0.3, 0.4) is 0 Å². The smallest absolute Gasteiger partial charge is 0.216 e. The van der Waals surface area contributed by atoms with Crippen LogP contribution in [0.2, 0.25) is 0 Å². The van der Waals surface area contributed by atoms with Crippen molar-refractivity contribution in [3.8, 4) is 18.1 Å². The van der Waals surface area contributed by atoms with Crippen molar-refractivity contribution in [2.75, 3.05) is 0 Å². The predicted octanol–water partition coefficient (Wildman–Crippen LogP) is 2.01. The monoisotopic (exact) mass is 179 g/mol. The van der Waals surface area contributed by atoms with E-state index in [4.69, 9.17) is 11.2 Å². The minimum Gasteiger partial charge on any atom is -0.475 e. The Morgan fingerprint density at radius 3 is 2.85 bits per heavy atom. The molecule has 0 radical (unpaired) electrons. The molecular formula is C10H10FNO. The van der Waals surface area contributed by atoms with Crippen molar-refractivity contribution in [1.29, 1.82) is 0 Å². The molecule has 0 saturated carbocycles. The lowest BCUT2D eigenvalue weighted by Crippen LogP contribution is -2.25. The van der Waals surface area contributed by atoms with Gasteiger partial charge in [-0.05, 0) is 19.9 Å². The number of terminal acetylenes is 1. The fourth-order valence-corrected chi connectivity index (χ4v) is 0.772. The third kappa shape index (κ3) is 2.75. The highest BCUT2D eigenvalue weighted by Crippen LogP contribution is 2.17. The summed E-state index contributed by atoms with van der Waals surface area (Å²) >= 11 is 0. The van der Waals surface area contributed by atoms with E-state index in [1.54, 1.807) is 19.9 Å². The fraction of sp³-hybridized carbons (Fsp3) is 0.300. The van der Waals surface area contributed by atoms with E-state index in [0.717, 1.165) is 0 Å². The summed E-state index contributed by atoms with van der Waals surface area (Å²) in [7, 11) is 0. The summed E-state index contributed by atoms with van der Waals surface area (Å²) in [4.78, 5) is 3.40. The summed E-state index contributed by atoms with van der Waals surface area (Å²) in [6.45, 7) is 3.46. The van der Waals surface area contributed by atoms with E-state index in [-0.39, 0.29) is 0 Å². The summed E-state index contributed by atoms with van der Waals surface area (Å²) in [6, 6.07) is 2.75. The van der Waals surface area contributed by atoms with E-state index >= 15 is 0 Å². The van der Waals surface area contributed by atoms with Gasteiger partial charge in [0.05, 0.1) is 0 Å². The second-order valence-corrected chi connectivity index (χ2v) is 3.07. The van der Waals surface area contributed by atoms with E-state index in [9.17, 15) is 4.39 Å². The van der Waals surface area contributed by atoms with Crippen molar-refractivity contribution < 1.29 is 9.13 Å². The molecule has 13 heavy (non-hydrogen) atoms. The van der Waals surface area contributed by atoms with Crippen LogP contribution in [0, 0.1) is 18.3 Å². The molecule has 3 heteroatoms. The molecule has 0 aliphatic carbocycles. The first kappa shape index (κ1) is 9.53. The Labute approximate surface area is 76.8 Å². The lowest BCUT2D eigenvalue weighted by Gasteiger charge is -2.19. The van der Waals surface area contributed by atoms with E-state index in [1.807, 2.05) is 0 Å². The molecule has 0 spiro atoms. The van der Waals surface area contributed by atoms with Crippen LogP contribution in [-0.2, 0) is 0 Å². The van der Waals surface area contributed by atoms with Crippen molar-refractivity contribution in [1.82, 2.24) is 4.98 Å². The van der Waals surface area contributed by atoms with Crippen molar-refractivity contribution in [2.24, 2.45) is 0 Å². The molecule has 0 bridgehead atoms. The zero-order valence-corrected chi connectivity index (χ0v) is 7.54. The van der Waals surface area contributed by atoms with E-state index in [2.05, 4.69) is 10.9 Å². The Bertz CT molecular complexity index is 341. The van der Waals surface area contributed by atoms with Crippen LogP contribution in [0.25, 0.3) is 0 Å². The number of pyridine rings is 1. The molecule has 1 aromatic heterocycles. The minimum absolute atomic E-state index is 0.385. The standard InChI is InChI=1S/C10H10FNO/c1-4-10(2,3)13-8-5-6-12-9(11)7-8/h1,5-7H,2-3H3. The van der Waals surface area contributed by atoms with Crippen LogP contribution in [-0.4, -0.2) is 10.6 Å². The van der Waals surface area contributed by atoms with Gasteiger partial charge >= 0.3 is 0 Å². The highest BCUT2D eigenvalue weighted by Gasteiger charge is 2.15. The number of nitrogens with zero attached hydrogens (tertiary/aromatic N) is 1. The van der Waals surface area contributed by atoms with Gasteiger partial charge in [-0.25, -0.2) is 4.98 Å². The molecule has 0 saturated heterocycles. The number of rotatable bonds is 2. The van der Waals surface area contributed by atoms with Crippen LogP contribution >= 0.6 is 0 Å². The predicted molar refractivity (Wildman–Crippen MR) is 47.7 cm³/mol. The Hall–Kier alpha value is -1.56. The molecule has 2 nitrogen and oxygen atoms in total. The zero-order valence-electron chi connectivity index (χ0n) is 7.54. The van der Waals surface area contributed by atoms with Gasteiger partial charge in [0.2, 0.25) is 5.95 Å². The molecule has 0 fully saturated rings. The maximum atomic E-state index is 12.6. The minimum atomic E-state index is -0.728. The van der Waals surface area contributed by atoms with Gasteiger partial charge in [0.25, 0.3) is 0 Å². The third-order valence-corrected chi connectivity index (χ3v) is 1.42. The van der Waals surface area contributed by atoms with Crippen LogP contribution in [0.5, 0.6) is 5.75 Å². The first-order chi connectivity index (χ1) is 6.03. The number of ether oxygens (including phenoxy) is 1. The maximum Gasteiger partial charge on any atom is 0.216 e. The fourth-order valence-electron chi connectivity index (χ4n) is 0.772. The summed E-state index contributed by atoms with van der Waals surface area (Å²) in [5.74, 6) is 2.25. The first-order valence-corrected chi connectivity index (χ1v) is 3.82. The molecule has 1 aromatic rings. The van der Waals surface area contributed by atoms with E-state index < -0.39 is 11.5 Å². The van der Waals surface area contributed by atoms with Gasteiger partial charge < -0.3 is 4.74 Å². The van der Waals surface area contributed by atoms with Gasteiger partial charge in [0, 0.05) is 12.3 Å². The quantitative estimate of drug-likeness (QED) is 0.511. The van der Waals surface area contributed by atoms with Crippen molar-refractivity contribution in [2.45, 2.75) is 19.4 Å². The lowest BCUT2D eigenvalue weighted by atomic mass is 10.1. The molecule has 0 aliphatic rings. The average molecular weight is 179 g/mol. The SMILES string of the molecule is C#CC(C)(C)Oc1ccnc(F)c1. The van der Waals surface area contributed by atoms with E-state index in [1.165, 1.54) is 12.3 Å². The summed E-state index contributed by atoms with van der Waals surface area (Å²) in [6.07, 6.45) is 6.54. The largest absolute Gasteiger partial charge is 0.475 e. The molecule has 0 aliphatic heterocycles. The van der Waals surface area contributed by atoms with Gasteiger partial charge in [0.15, 0.2) is 5.60 Å². The number of hydrogen-bond acceptors (Lipinski definition) is 2. The van der Waals surface area contributed by atoms with Crippen molar-refractivity contribution in [3.05, 3.63) is 24.3 Å². The number of aromatic nitrogens is 1. The van der Waals surface area contributed by atoms with Crippen molar-refractivity contribution in [3.63, 3.8) is 0 Å². The number of hydrogen-bond donors (Lipinski definition) is 0. The molecule has 0 amide bonds. The summed E-state index contributed by atoms with van der Waals surface area (Å²) in [5, 5.41) is 0. The van der Waals surface area contributed by atoms with E-state index in [0.29, 0.717) is 5.75 Å². The zero-order chi connectivity index (χ0) is 9.90. The molecule has 68 valence electrons. The summed E-state index contributed by atoms with van der Waals surface area (Å²) in [5.41, 5.74) is -0.728. The molecule has 1 heterocycles.